The number of nitrogens with one attached hydrogen (secondary N) is 1. The Labute approximate surface area is 112 Å². The van der Waals surface area contributed by atoms with Crippen molar-refractivity contribution in [2.24, 2.45) is 7.05 Å². The van der Waals surface area contributed by atoms with E-state index in [9.17, 15) is 4.39 Å². The van der Waals surface area contributed by atoms with E-state index in [4.69, 9.17) is 0 Å². The fraction of sp³-hybridized carbons (Fsp3) is 0.400. The summed E-state index contributed by atoms with van der Waals surface area (Å²) < 4.78 is 15.9. The van der Waals surface area contributed by atoms with Gasteiger partial charge in [-0.25, -0.2) is 4.39 Å². The first kappa shape index (κ1) is 12.4. The summed E-state index contributed by atoms with van der Waals surface area (Å²) in [5.74, 6) is -0.145. The van der Waals surface area contributed by atoms with Gasteiger partial charge in [-0.1, -0.05) is 12.1 Å². The summed E-state index contributed by atoms with van der Waals surface area (Å²) in [6, 6.07) is 6.04. The van der Waals surface area contributed by atoms with E-state index in [0.717, 1.165) is 22.4 Å². The van der Waals surface area contributed by atoms with Crippen molar-refractivity contribution >= 4 is 0 Å². The second kappa shape index (κ2) is 4.78. The summed E-state index contributed by atoms with van der Waals surface area (Å²) in [6.45, 7) is 2.60. The minimum absolute atomic E-state index is 0.145. The maximum absolute atomic E-state index is 14.1. The Kier molecular flexibility index (Phi) is 3.11. The van der Waals surface area contributed by atoms with Gasteiger partial charge in [0.05, 0.1) is 6.20 Å². The van der Waals surface area contributed by atoms with Crippen molar-refractivity contribution in [2.75, 3.05) is 0 Å². The second-order valence-electron chi connectivity index (χ2n) is 5.23. The van der Waals surface area contributed by atoms with Gasteiger partial charge in [0.25, 0.3) is 0 Å². The molecule has 1 N–H and O–H groups in total. The van der Waals surface area contributed by atoms with Gasteiger partial charge in [0.1, 0.15) is 5.82 Å². The molecule has 3 nitrogen and oxygen atoms in total. The van der Waals surface area contributed by atoms with Crippen LogP contribution in [-0.2, 0) is 13.6 Å². The van der Waals surface area contributed by atoms with E-state index in [0.29, 0.717) is 12.6 Å². The minimum Gasteiger partial charge on any atom is -0.310 e. The van der Waals surface area contributed by atoms with E-state index in [1.165, 1.54) is 12.8 Å². The second-order valence-corrected chi connectivity index (χ2v) is 5.23. The highest BCUT2D eigenvalue weighted by Gasteiger charge is 2.20. The number of hydrogen-bond donors (Lipinski definition) is 1. The summed E-state index contributed by atoms with van der Waals surface area (Å²) in [5, 5.41) is 7.53. The van der Waals surface area contributed by atoms with E-state index in [-0.39, 0.29) is 5.82 Å². The normalized spacial score (nSPS) is 14.9. The lowest BCUT2D eigenvalue weighted by atomic mass is 10.0. The van der Waals surface area contributed by atoms with E-state index in [2.05, 4.69) is 10.4 Å². The van der Waals surface area contributed by atoms with Crippen LogP contribution in [0.5, 0.6) is 0 Å². The van der Waals surface area contributed by atoms with E-state index in [1.807, 2.05) is 26.1 Å². The van der Waals surface area contributed by atoms with E-state index >= 15 is 0 Å². The molecule has 1 fully saturated rings. The monoisotopic (exact) mass is 259 g/mol. The van der Waals surface area contributed by atoms with Crippen molar-refractivity contribution in [3.8, 4) is 11.1 Å². The first-order valence-electron chi connectivity index (χ1n) is 6.66. The lowest BCUT2D eigenvalue weighted by Crippen LogP contribution is -2.16. The zero-order chi connectivity index (χ0) is 13.4. The van der Waals surface area contributed by atoms with Gasteiger partial charge in [-0.2, -0.15) is 5.10 Å². The van der Waals surface area contributed by atoms with Crippen LogP contribution in [0.15, 0.2) is 24.4 Å². The molecule has 0 spiro atoms. The van der Waals surface area contributed by atoms with Gasteiger partial charge in [0.15, 0.2) is 0 Å². The van der Waals surface area contributed by atoms with Crippen molar-refractivity contribution in [3.05, 3.63) is 41.5 Å². The zero-order valence-electron chi connectivity index (χ0n) is 11.3. The Bertz CT molecular complexity index is 599. The SMILES string of the molecule is Cc1c(-c2ccc(CNC3CC3)c(F)c2)cnn1C. The van der Waals surface area contributed by atoms with Gasteiger partial charge in [0.2, 0.25) is 0 Å². The Morgan fingerprint density at radius 1 is 1.42 bits per heavy atom. The maximum Gasteiger partial charge on any atom is 0.128 e. The molecular weight excluding hydrogens is 241 g/mol. The molecule has 4 heteroatoms. The van der Waals surface area contributed by atoms with Gasteiger partial charge in [-0.15, -0.1) is 0 Å². The molecule has 1 heterocycles. The summed E-state index contributed by atoms with van der Waals surface area (Å²) in [4.78, 5) is 0. The molecule has 3 rings (SSSR count). The zero-order valence-corrected chi connectivity index (χ0v) is 11.3. The van der Waals surface area contributed by atoms with Crippen molar-refractivity contribution in [2.45, 2.75) is 32.4 Å². The minimum atomic E-state index is -0.145. The molecule has 0 saturated heterocycles. The van der Waals surface area contributed by atoms with Crippen LogP contribution in [0.1, 0.15) is 24.1 Å². The van der Waals surface area contributed by atoms with Crippen molar-refractivity contribution in [1.29, 1.82) is 0 Å². The highest BCUT2D eigenvalue weighted by molar-refractivity contribution is 5.65. The van der Waals surface area contributed by atoms with Crippen molar-refractivity contribution < 1.29 is 4.39 Å². The number of hydrogen-bond acceptors (Lipinski definition) is 2. The number of nitrogens with zero attached hydrogens (tertiary/aromatic N) is 2. The van der Waals surface area contributed by atoms with Crippen LogP contribution in [-0.4, -0.2) is 15.8 Å². The van der Waals surface area contributed by atoms with Crippen molar-refractivity contribution in [3.63, 3.8) is 0 Å². The molecular formula is C15H18FN3. The predicted octanol–water partition coefficient (Wildman–Crippen LogP) is 2.79. The molecule has 100 valence electrons. The van der Waals surface area contributed by atoms with Crippen LogP contribution in [0.4, 0.5) is 4.39 Å². The molecule has 1 aromatic carbocycles. The quantitative estimate of drug-likeness (QED) is 0.915. The summed E-state index contributed by atoms with van der Waals surface area (Å²) in [6.07, 6.45) is 4.22. The fourth-order valence-electron chi connectivity index (χ4n) is 2.18. The standard InChI is InChI=1S/C15H18FN3/c1-10-14(9-18-19(10)2)11-3-4-12(15(16)7-11)8-17-13-5-6-13/h3-4,7,9,13,17H,5-6,8H2,1-2H3. The molecule has 1 aromatic heterocycles. The average molecular weight is 259 g/mol. The van der Waals surface area contributed by atoms with Crippen LogP contribution >= 0.6 is 0 Å². The highest BCUT2D eigenvalue weighted by Crippen LogP contribution is 2.25. The van der Waals surface area contributed by atoms with E-state index in [1.54, 1.807) is 16.9 Å². The van der Waals surface area contributed by atoms with Crippen LogP contribution in [0.2, 0.25) is 0 Å². The molecule has 1 saturated carbocycles. The number of benzene rings is 1. The van der Waals surface area contributed by atoms with Gasteiger partial charge in [-0.3, -0.25) is 4.68 Å². The Morgan fingerprint density at radius 2 is 2.21 bits per heavy atom. The molecule has 2 aromatic rings. The Morgan fingerprint density at radius 3 is 2.79 bits per heavy atom. The fourth-order valence-corrected chi connectivity index (χ4v) is 2.18. The third-order valence-corrected chi connectivity index (χ3v) is 3.76. The average Bonchev–Trinajstić information content (AvgIpc) is 3.16. The van der Waals surface area contributed by atoms with Gasteiger partial charge in [-0.05, 0) is 31.4 Å². The molecule has 1 aliphatic carbocycles. The molecule has 1 aliphatic rings. The molecule has 19 heavy (non-hydrogen) atoms. The predicted molar refractivity (Wildman–Crippen MR) is 73.2 cm³/mol. The summed E-state index contributed by atoms with van der Waals surface area (Å²) in [5.41, 5.74) is 3.65. The number of rotatable bonds is 4. The molecule has 0 atom stereocenters. The van der Waals surface area contributed by atoms with Crippen LogP contribution in [0.25, 0.3) is 11.1 Å². The summed E-state index contributed by atoms with van der Waals surface area (Å²) in [7, 11) is 1.89. The van der Waals surface area contributed by atoms with Gasteiger partial charge < -0.3 is 5.32 Å². The molecule has 0 amide bonds. The first-order valence-corrected chi connectivity index (χ1v) is 6.66. The van der Waals surface area contributed by atoms with Crippen molar-refractivity contribution in [1.82, 2.24) is 15.1 Å². The number of halogens is 1. The first-order chi connectivity index (χ1) is 9.15. The van der Waals surface area contributed by atoms with Crippen LogP contribution in [0, 0.1) is 12.7 Å². The molecule has 0 aliphatic heterocycles. The third-order valence-electron chi connectivity index (χ3n) is 3.76. The number of aryl methyl sites for hydroxylation is 1. The lowest BCUT2D eigenvalue weighted by molar-refractivity contribution is 0.587. The van der Waals surface area contributed by atoms with Gasteiger partial charge >= 0.3 is 0 Å². The Hall–Kier alpha value is -1.68. The topological polar surface area (TPSA) is 29.9 Å². The van der Waals surface area contributed by atoms with Gasteiger partial charge in [0, 0.05) is 36.5 Å². The van der Waals surface area contributed by atoms with E-state index < -0.39 is 0 Å². The Balaban J connectivity index is 1.83. The number of aromatic nitrogens is 2. The summed E-state index contributed by atoms with van der Waals surface area (Å²) >= 11 is 0. The maximum atomic E-state index is 14.1. The third kappa shape index (κ3) is 2.54. The molecule has 0 bridgehead atoms. The smallest absolute Gasteiger partial charge is 0.128 e. The highest BCUT2D eigenvalue weighted by atomic mass is 19.1. The molecule has 0 unspecified atom stereocenters. The largest absolute Gasteiger partial charge is 0.310 e. The molecule has 0 radical (unpaired) electrons. The van der Waals surface area contributed by atoms with Crippen LogP contribution in [0.3, 0.4) is 0 Å². The lowest BCUT2D eigenvalue weighted by Gasteiger charge is -2.07. The van der Waals surface area contributed by atoms with Crippen LogP contribution < -0.4 is 5.32 Å².